The summed E-state index contributed by atoms with van der Waals surface area (Å²) in [5, 5.41) is 10.9. The molecule has 0 amide bonds. The quantitative estimate of drug-likeness (QED) is 0.473. The Hall–Kier alpha value is -1.98. The SMILES string of the molecule is C#CCN(CC)S(=O)(=O)c1c(C)cc(F)c([N+](=O)[O-])c1C. The van der Waals surface area contributed by atoms with E-state index >= 15 is 0 Å². The van der Waals surface area contributed by atoms with Crippen LogP contribution in [0.15, 0.2) is 11.0 Å². The topological polar surface area (TPSA) is 80.5 Å². The van der Waals surface area contributed by atoms with E-state index in [9.17, 15) is 22.9 Å². The molecule has 1 rings (SSSR count). The Bertz CT molecular complexity index is 723. The van der Waals surface area contributed by atoms with Crippen molar-refractivity contribution in [3.63, 3.8) is 0 Å². The summed E-state index contributed by atoms with van der Waals surface area (Å²) in [4.78, 5) is 9.72. The molecule has 21 heavy (non-hydrogen) atoms. The minimum absolute atomic E-state index is 0.103. The highest BCUT2D eigenvalue weighted by Crippen LogP contribution is 2.32. The molecule has 0 fully saturated rings. The van der Waals surface area contributed by atoms with Gasteiger partial charge in [-0.25, -0.2) is 8.42 Å². The van der Waals surface area contributed by atoms with Gasteiger partial charge in [0.15, 0.2) is 0 Å². The molecule has 0 unspecified atom stereocenters. The van der Waals surface area contributed by atoms with E-state index in [1.165, 1.54) is 13.8 Å². The third kappa shape index (κ3) is 3.04. The maximum atomic E-state index is 13.7. The van der Waals surface area contributed by atoms with Gasteiger partial charge in [-0.05, 0) is 25.5 Å². The van der Waals surface area contributed by atoms with Crippen LogP contribution >= 0.6 is 0 Å². The summed E-state index contributed by atoms with van der Waals surface area (Å²) in [5.41, 5.74) is -0.963. The van der Waals surface area contributed by atoms with Crippen molar-refractivity contribution in [2.75, 3.05) is 13.1 Å². The molecule has 0 aliphatic carbocycles. The summed E-state index contributed by atoms with van der Waals surface area (Å²) < 4.78 is 39.8. The molecule has 1 aromatic carbocycles. The minimum Gasteiger partial charge on any atom is -0.258 e. The second kappa shape index (κ2) is 6.20. The number of nitrogens with zero attached hydrogens (tertiary/aromatic N) is 2. The largest absolute Gasteiger partial charge is 0.309 e. The molecule has 0 saturated carbocycles. The van der Waals surface area contributed by atoms with Crippen molar-refractivity contribution < 1.29 is 17.7 Å². The number of rotatable bonds is 5. The number of sulfonamides is 1. The normalized spacial score (nSPS) is 11.4. The van der Waals surface area contributed by atoms with Crippen molar-refractivity contribution in [1.82, 2.24) is 4.31 Å². The van der Waals surface area contributed by atoms with Crippen LogP contribution in [0.2, 0.25) is 0 Å². The zero-order valence-electron chi connectivity index (χ0n) is 11.9. The molecule has 6 nitrogen and oxygen atoms in total. The van der Waals surface area contributed by atoms with E-state index in [4.69, 9.17) is 6.42 Å². The van der Waals surface area contributed by atoms with Crippen LogP contribution in [-0.2, 0) is 10.0 Å². The fourth-order valence-corrected chi connectivity index (χ4v) is 3.92. The fourth-order valence-electron chi connectivity index (χ4n) is 2.13. The fraction of sp³-hybridized carbons (Fsp3) is 0.385. The van der Waals surface area contributed by atoms with Gasteiger partial charge in [0, 0.05) is 6.54 Å². The van der Waals surface area contributed by atoms with Crippen LogP contribution in [0.25, 0.3) is 0 Å². The van der Waals surface area contributed by atoms with E-state index in [2.05, 4.69) is 5.92 Å². The predicted octanol–water partition coefficient (Wildman–Crippen LogP) is 1.99. The van der Waals surface area contributed by atoms with E-state index in [1.54, 1.807) is 6.92 Å². The Kier molecular flexibility index (Phi) is 5.04. The van der Waals surface area contributed by atoms with Crippen molar-refractivity contribution in [3.05, 3.63) is 33.1 Å². The number of hydrogen-bond donors (Lipinski definition) is 0. The number of hydrogen-bond acceptors (Lipinski definition) is 4. The Balaban J connectivity index is 3.68. The van der Waals surface area contributed by atoms with Gasteiger partial charge in [0.1, 0.15) is 0 Å². The zero-order valence-corrected chi connectivity index (χ0v) is 12.7. The van der Waals surface area contributed by atoms with Crippen LogP contribution in [-0.4, -0.2) is 30.7 Å². The number of benzene rings is 1. The third-order valence-corrected chi connectivity index (χ3v) is 5.24. The lowest BCUT2D eigenvalue weighted by atomic mass is 10.1. The molecular weight excluding hydrogens is 299 g/mol. The highest BCUT2D eigenvalue weighted by molar-refractivity contribution is 7.89. The Morgan fingerprint density at radius 2 is 2.05 bits per heavy atom. The minimum atomic E-state index is -4.03. The lowest BCUT2D eigenvalue weighted by Crippen LogP contribution is -2.32. The summed E-state index contributed by atoms with van der Waals surface area (Å²) in [6.45, 7) is 4.14. The maximum Gasteiger partial charge on any atom is 0.309 e. The second-order valence-corrected chi connectivity index (χ2v) is 6.25. The zero-order chi connectivity index (χ0) is 16.4. The molecular formula is C13H15FN2O4S. The Morgan fingerprint density at radius 1 is 1.48 bits per heavy atom. The molecule has 0 aliphatic rings. The third-order valence-electron chi connectivity index (χ3n) is 3.02. The highest BCUT2D eigenvalue weighted by Gasteiger charge is 2.32. The van der Waals surface area contributed by atoms with Gasteiger partial charge in [0.05, 0.1) is 21.9 Å². The molecule has 0 saturated heterocycles. The van der Waals surface area contributed by atoms with Crippen LogP contribution in [0.4, 0.5) is 10.1 Å². The van der Waals surface area contributed by atoms with Gasteiger partial charge < -0.3 is 0 Å². The molecule has 0 N–H and O–H groups in total. The van der Waals surface area contributed by atoms with Crippen molar-refractivity contribution in [2.24, 2.45) is 0 Å². The van der Waals surface area contributed by atoms with Gasteiger partial charge in [-0.2, -0.15) is 8.70 Å². The summed E-state index contributed by atoms with van der Waals surface area (Å²) in [6.07, 6.45) is 5.13. The summed E-state index contributed by atoms with van der Waals surface area (Å²) >= 11 is 0. The van der Waals surface area contributed by atoms with Gasteiger partial charge in [-0.1, -0.05) is 12.8 Å². The number of terminal acetylenes is 1. The molecule has 0 atom stereocenters. The first-order chi connectivity index (χ1) is 9.68. The smallest absolute Gasteiger partial charge is 0.258 e. The average molecular weight is 314 g/mol. The van der Waals surface area contributed by atoms with Crippen molar-refractivity contribution in [2.45, 2.75) is 25.7 Å². The summed E-state index contributed by atoms with van der Waals surface area (Å²) in [7, 11) is -4.03. The number of aryl methyl sites for hydroxylation is 1. The number of nitro benzene ring substituents is 1. The first-order valence-electron chi connectivity index (χ1n) is 6.06. The van der Waals surface area contributed by atoms with Gasteiger partial charge in [-0.15, -0.1) is 6.42 Å². The van der Waals surface area contributed by atoms with Crippen molar-refractivity contribution in [1.29, 1.82) is 0 Å². The lowest BCUT2D eigenvalue weighted by molar-refractivity contribution is -0.388. The highest BCUT2D eigenvalue weighted by atomic mass is 32.2. The van der Waals surface area contributed by atoms with E-state index in [0.717, 1.165) is 10.4 Å². The maximum absolute atomic E-state index is 13.7. The second-order valence-electron chi connectivity index (χ2n) is 4.37. The van der Waals surface area contributed by atoms with Gasteiger partial charge in [-0.3, -0.25) is 10.1 Å². The molecule has 8 heteroatoms. The number of nitro groups is 1. The number of halogens is 1. The first kappa shape index (κ1) is 17.1. The van der Waals surface area contributed by atoms with Crippen molar-refractivity contribution in [3.8, 4) is 12.3 Å². The molecule has 114 valence electrons. The van der Waals surface area contributed by atoms with Gasteiger partial charge in [0.2, 0.25) is 15.8 Å². The van der Waals surface area contributed by atoms with E-state index in [1.807, 2.05) is 0 Å². The molecule has 0 radical (unpaired) electrons. The van der Waals surface area contributed by atoms with Gasteiger partial charge in [0.25, 0.3) is 0 Å². The Morgan fingerprint density at radius 3 is 2.48 bits per heavy atom. The molecule has 0 aliphatic heterocycles. The molecule has 0 spiro atoms. The van der Waals surface area contributed by atoms with Crippen LogP contribution < -0.4 is 0 Å². The van der Waals surface area contributed by atoms with E-state index in [-0.39, 0.29) is 29.1 Å². The van der Waals surface area contributed by atoms with Crippen LogP contribution in [0, 0.1) is 42.1 Å². The monoisotopic (exact) mass is 314 g/mol. The average Bonchev–Trinajstić information content (AvgIpc) is 2.33. The predicted molar refractivity (Wildman–Crippen MR) is 75.8 cm³/mol. The summed E-state index contributed by atoms with van der Waals surface area (Å²) in [5.74, 6) is 1.16. The molecule has 1 aromatic rings. The van der Waals surface area contributed by atoms with Crippen LogP contribution in [0.5, 0.6) is 0 Å². The lowest BCUT2D eigenvalue weighted by Gasteiger charge is -2.20. The standard InChI is InChI=1S/C13H15FN2O4S/c1-5-7-15(6-2)21(19,20)13-9(3)8-11(14)12(10(13)4)16(17)18/h1,8H,6-7H2,2-4H3. The van der Waals surface area contributed by atoms with Crippen LogP contribution in [0.1, 0.15) is 18.1 Å². The molecule has 0 aromatic heterocycles. The molecule has 0 heterocycles. The first-order valence-corrected chi connectivity index (χ1v) is 7.50. The molecule has 0 bridgehead atoms. The summed E-state index contributed by atoms with van der Waals surface area (Å²) in [6, 6.07) is 0.849. The van der Waals surface area contributed by atoms with Crippen LogP contribution in [0.3, 0.4) is 0 Å². The van der Waals surface area contributed by atoms with Gasteiger partial charge >= 0.3 is 5.69 Å². The van der Waals surface area contributed by atoms with E-state index < -0.39 is 26.5 Å². The van der Waals surface area contributed by atoms with E-state index in [0.29, 0.717) is 0 Å². The Labute approximate surface area is 122 Å². The van der Waals surface area contributed by atoms with Crippen molar-refractivity contribution >= 4 is 15.7 Å².